The molecule has 5 atom stereocenters. The molecule has 2 aromatic heterocycles. The van der Waals surface area contributed by atoms with E-state index in [1.807, 2.05) is 0 Å². The van der Waals surface area contributed by atoms with Crippen molar-refractivity contribution in [3.05, 3.63) is 16.7 Å². The second kappa shape index (κ2) is 7.10. The van der Waals surface area contributed by atoms with Crippen LogP contribution >= 0.6 is 7.82 Å². The Hall–Kier alpha value is -1.85. The maximum absolute atomic E-state index is 15.9. The van der Waals surface area contributed by atoms with Crippen molar-refractivity contribution >= 4 is 24.9 Å². The molecule has 0 spiro atoms. The molecule has 4 heterocycles. The van der Waals surface area contributed by atoms with E-state index in [1.54, 1.807) is 0 Å². The van der Waals surface area contributed by atoms with E-state index in [4.69, 9.17) is 24.0 Å². The Morgan fingerprint density at radius 2 is 2.17 bits per heavy atom. The zero-order valence-corrected chi connectivity index (χ0v) is 17.2. The highest BCUT2D eigenvalue weighted by Crippen LogP contribution is 2.60. The lowest BCUT2D eigenvalue weighted by Gasteiger charge is -2.35. The molecule has 1 saturated carbocycles. The van der Waals surface area contributed by atoms with Gasteiger partial charge in [0.05, 0.1) is 19.0 Å². The summed E-state index contributed by atoms with van der Waals surface area (Å²) in [5.41, 5.74) is 3.02. The van der Waals surface area contributed by atoms with Gasteiger partial charge >= 0.3 is 7.82 Å². The molecule has 0 bridgehead atoms. The maximum atomic E-state index is 15.9. The number of aromatic amines is 1. The first kappa shape index (κ1) is 20.1. The minimum absolute atomic E-state index is 0.00180. The molecular weight excluding hydrogens is 420 g/mol. The van der Waals surface area contributed by atoms with Gasteiger partial charge in [-0.05, 0) is 19.8 Å². The Balaban J connectivity index is 1.42. The number of rotatable bonds is 3. The number of nitrogens with one attached hydrogen (secondary N) is 1. The third-order valence-corrected chi connectivity index (χ3v) is 7.36. The lowest BCUT2D eigenvalue weighted by molar-refractivity contribution is -0.0763. The summed E-state index contributed by atoms with van der Waals surface area (Å²) in [4.78, 5) is 22.4. The van der Waals surface area contributed by atoms with Crippen LogP contribution in [-0.2, 0) is 22.9 Å². The van der Waals surface area contributed by atoms with Crippen molar-refractivity contribution < 1.29 is 27.3 Å². The van der Waals surface area contributed by atoms with E-state index in [-0.39, 0.29) is 29.8 Å². The number of nitrogens with zero attached hydrogens (tertiary/aromatic N) is 3. The summed E-state index contributed by atoms with van der Waals surface area (Å²) in [6, 6.07) is 0. The number of nitrogen functional groups attached to an aromatic ring is 1. The molecule has 0 amide bonds. The molecule has 30 heavy (non-hydrogen) atoms. The number of alkyl halides is 1. The highest BCUT2D eigenvalue weighted by Gasteiger charge is 2.62. The van der Waals surface area contributed by atoms with Gasteiger partial charge in [-0.3, -0.25) is 27.9 Å². The summed E-state index contributed by atoms with van der Waals surface area (Å²) in [6.45, 7) is 1.13. The number of ether oxygens (including phenoxy) is 1. The van der Waals surface area contributed by atoms with E-state index >= 15 is 4.39 Å². The minimum atomic E-state index is -3.93. The normalized spacial score (nSPS) is 37.5. The Kier molecular flexibility index (Phi) is 4.75. The first-order chi connectivity index (χ1) is 14.3. The average molecular weight is 443 g/mol. The Morgan fingerprint density at radius 1 is 1.40 bits per heavy atom. The van der Waals surface area contributed by atoms with Crippen LogP contribution in [0.5, 0.6) is 0 Å². The van der Waals surface area contributed by atoms with Gasteiger partial charge in [-0.15, -0.1) is 0 Å². The first-order valence-electron chi connectivity index (χ1n) is 9.95. The topological polar surface area (TPSA) is 144 Å². The van der Waals surface area contributed by atoms with E-state index < -0.39 is 37.5 Å². The highest BCUT2D eigenvalue weighted by atomic mass is 31.2. The number of anilines is 1. The summed E-state index contributed by atoms with van der Waals surface area (Å²) in [5, 5.41) is 0. The summed E-state index contributed by atoms with van der Waals surface area (Å²) < 4.78 is 52.7. The molecule has 5 rings (SSSR count). The van der Waals surface area contributed by atoms with Crippen molar-refractivity contribution in [2.24, 2.45) is 0 Å². The van der Waals surface area contributed by atoms with Crippen LogP contribution in [0.1, 0.15) is 45.3 Å². The summed E-state index contributed by atoms with van der Waals surface area (Å²) >= 11 is 0. The van der Waals surface area contributed by atoms with E-state index in [2.05, 4.69) is 15.0 Å². The zero-order chi connectivity index (χ0) is 21.1. The molecule has 0 aromatic carbocycles. The van der Waals surface area contributed by atoms with E-state index in [0.717, 1.165) is 32.1 Å². The van der Waals surface area contributed by atoms with Gasteiger partial charge in [-0.2, -0.15) is 4.98 Å². The van der Waals surface area contributed by atoms with Crippen molar-refractivity contribution in [3.8, 4) is 0 Å². The fourth-order valence-electron chi connectivity index (χ4n) is 4.37. The molecule has 0 radical (unpaired) electrons. The Bertz CT molecular complexity index is 1070. The lowest BCUT2D eigenvalue weighted by Crippen LogP contribution is -2.45. The van der Waals surface area contributed by atoms with E-state index in [1.165, 1.54) is 17.8 Å². The van der Waals surface area contributed by atoms with Crippen LogP contribution in [0.2, 0.25) is 0 Å². The van der Waals surface area contributed by atoms with Crippen LogP contribution in [0.3, 0.4) is 0 Å². The molecule has 2 aromatic rings. The summed E-state index contributed by atoms with van der Waals surface area (Å²) in [6.07, 6.45) is 2.36. The van der Waals surface area contributed by atoms with Gasteiger partial charge in [0.15, 0.2) is 23.1 Å². The van der Waals surface area contributed by atoms with Crippen molar-refractivity contribution in [3.63, 3.8) is 0 Å². The summed E-state index contributed by atoms with van der Waals surface area (Å²) in [5.74, 6) is -0.129. The predicted octanol–water partition coefficient (Wildman–Crippen LogP) is 2.20. The maximum Gasteiger partial charge on any atom is 0.475 e. The molecule has 2 saturated heterocycles. The lowest BCUT2D eigenvalue weighted by atomic mass is 9.98. The van der Waals surface area contributed by atoms with Crippen molar-refractivity contribution in [2.75, 3.05) is 12.3 Å². The largest absolute Gasteiger partial charge is 0.475 e. The van der Waals surface area contributed by atoms with Crippen LogP contribution in [0, 0.1) is 0 Å². The number of hydrogen-bond acceptors (Lipinski definition) is 9. The third-order valence-electron chi connectivity index (χ3n) is 5.85. The molecule has 3 fully saturated rings. The predicted molar refractivity (Wildman–Crippen MR) is 102 cm³/mol. The van der Waals surface area contributed by atoms with Crippen LogP contribution in [0.25, 0.3) is 11.2 Å². The molecule has 3 aliphatic rings. The molecule has 13 heteroatoms. The zero-order valence-electron chi connectivity index (χ0n) is 16.3. The SMILES string of the molecule is C[C@@]1(F)[C@@H]2OP(=O)(OC3CCCCC3)OC[C@H]2O[C@H]1n1cnc2c(=O)[nH]c(N)nc21. The van der Waals surface area contributed by atoms with Gasteiger partial charge < -0.3 is 10.5 Å². The van der Waals surface area contributed by atoms with Gasteiger partial charge in [0.2, 0.25) is 5.95 Å². The average Bonchev–Trinajstić information content (AvgIpc) is 3.21. The van der Waals surface area contributed by atoms with Crippen LogP contribution < -0.4 is 11.3 Å². The molecular formula is C17H23FN5O6P. The number of phosphoric acid groups is 1. The van der Waals surface area contributed by atoms with Gasteiger partial charge in [0.25, 0.3) is 5.56 Å². The third kappa shape index (κ3) is 3.27. The van der Waals surface area contributed by atoms with Crippen molar-refractivity contribution in [1.29, 1.82) is 0 Å². The monoisotopic (exact) mass is 443 g/mol. The Labute approximate surface area is 170 Å². The van der Waals surface area contributed by atoms with Crippen molar-refractivity contribution in [2.45, 2.75) is 69.2 Å². The molecule has 3 N–H and O–H groups in total. The van der Waals surface area contributed by atoms with Gasteiger partial charge in [-0.1, -0.05) is 19.3 Å². The first-order valence-corrected chi connectivity index (χ1v) is 11.4. The smallest absolute Gasteiger partial charge is 0.369 e. The number of nitrogens with two attached hydrogens (primary N) is 1. The molecule has 164 valence electrons. The van der Waals surface area contributed by atoms with Crippen LogP contribution in [0.4, 0.5) is 10.3 Å². The number of hydrogen-bond donors (Lipinski definition) is 2. The second-order valence-corrected chi connectivity index (χ2v) is 9.66. The molecule has 1 unspecified atom stereocenters. The number of H-pyrrole nitrogens is 1. The van der Waals surface area contributed by atoms with Gasteiger partial charge in [0, 0.05) is 0 Å². The van der Waals surface area contributed by atoms with Gasteiger partial charge in [-0.25, -0.2) is 13.9 Å². The highest BCUT2D eigenvalue weighted by molar-refractivity contribution is 7.48. The van der Waals surface area contributed by atoms with Crippen molar-refractivity contribution in [1.82, 2.24) is 19.5 Å². The number of fused-ring (bicyclic) bond motifs is 2. The van der Waals surface area contributed by atoms with Gasteiger partial charge in [0.1, 0.15) is 12.2 Å². The fraction of sp³-hybridized carbons (Fsp3) is 0.706. The van der Waals surface area contributed by atoms with E-state index in [0.29, 0.717) is 0 Å². The van der Waals surface area contributed by atoms with Crippen LogP contribution in [0.15, 0.2) is 11.1 Å². The number of halogens is 1. The number of imidazole rings is 1. The minimum Gasteiger partial charge on any atom is -0.369 e. The number of phosphoric ester groups is 1. The molecule has 11 nitrogen and oxygen atoms in total. The second-order valence-electron chi connectivity index (χ2n) is 8.09. The fourth-order valence-corrected chi connectivity index (χ4v) is 6.06. The number of aromatic nitrogens is 4. The van der Waals surface area contributed by atoms with E-state index in [9.17, 15) is 9.36 Å². The quantitative estimate of drug-likeness (QED) is 0.682. The van der Waals surface area contributed by atoms with Crippen LogP contribution in [-0.4, -0.2) is 50.1 Å². The Morgan fingerprint density at radius 3 is 2.93 bits per heavy atom. The molecule has 1 aliphatic carbocycles. The standard InChI is InChI=1S/C17H23FN5O6P/c1-17(18)12-10(7-26-30(25,29-12)28-9-5-3-2-4-6-9)27-15(17)23-8-20-11-13(23)21-16(19)22-14(11)24/h8-10,12,15H,2-7H2,1H3,(H3,19,21,22,24)/t10-,12-,15-,17-,30?/m1/s1. The molecule has 2 aliphatic heterocycles. The summed E-state index contributed by atoms with van der Waals surface area (Å²) in [7, 11) is -3.93.